The molecule has 1 heterocycles. The molecular weight excluding hydrogens is 101 g/mol. The van der Waals surface area contributed by atoms with E-state index < -0.39 is 7.92 Å². The molecule has 4 heteroatoms. The Morgan fingerprint density at radius 2 is 2.33 bits per heavy atom. The highest BCUT2D eigenvalue weighted by Crippen LogP contribution is 2.33. The number of H-pyrrole nitrogens is 1. The molecule has 34 valence electrons. The molecule has 0 saturated heterocycles. The third-order valence-electron chi connectivity index (χ3n) is 0.533. The quantitative estimate of drug-likeness (QED) is 0.449. The maximum absolute atomic E-state index is 8.35. The Kier molecular flexibility index (Phi) is 0.650. The molecule has 0 aliphatic heterocycles. The molecule has 0 fully saturated rings. The van der Waals surface area contributed by atoms with Crippen LogP contribution in [0.25, 0.3) is 0 Å². The van der Waals surface area contributed by atoms with E-state index in [1.807, 2.05) is 0 Å². The number of hydrogen-bond acceptors (Lipinski definition) is 2. The number of aromatic nitrogens is 1. The number of aromatic hydroxyl groups is 1. The van der Waals surface area contributed by atoms with Gasteiger partial charge in [-0.3, -0.25) is 0 Å². The lowest BCUT2D eigenvalue weighted by atomic mass is 11.0. The summed E-state index contributed by atoms with van der Waals surface area (Å²) in [6.07, 6.45) is 1.37. The van der Waals surface area contributed by atoms with Gasteiger partial charge in [0.2, 0.25) is 0 Å². The Balaban J connectivity index is 2.87. The van der Waals surface area contributed by atoms with E-state index in [0.29, 0.717) is 0 Å². The predicted molar refractivity (Wildman–Crippen MR) is 22.8 cm³/mol. The first-order valence-corrected chi connectivity index (χ1v) is 2.74. The summed E-state index contributed by atoms with van der Waals surface area (Å²) in [5.74, 6) is 0. The Bertz CT molecular complexity index is 117. The number of aromatic amines is 1. The van der Waals surface area contributed by atoms with Crippen LogP contribution in [0, 0.1) is 0 Å². The van der Waals surface area contributed by atoms with Crippen molar-refractivity contribution in [2.45, 2.75) is 0 Å². The molecule has 3 N–H and O–H groups in total. The summed E-state index contributed by atoms with van der Waals surface area (Å²) in [6, 6.07) is 0. The van der Waals surface area contributed by atoms with Gasteiger partial charge >= 0.3 is 0 Å². The Labute approximate surface area is 35.4 Å². The standard InChI is InChI=1S/C2H4NO2P/c4-2-1-3-6(2)5/h1,3-5H. The fourth-order valence-corrected chi connectivity index (χ4v) is 0.540. The van der Waals surface area contributed by atoms with Crippen molar-refractivity contribution in [3.63, 3.8) is 0 Å². The van der Waals surface area contributed by atoms with E-state index in [9.17, 15) is 0 Å². The molecule has 1 atom stereocenters. The van der Waals surface area contributed by atoms with Crippen LogP contribution in [0.2, 0.25) is 0 Å². The van der Waals surface area contributed by atoms with Crippen molar-refractivity contribution >= 4 is 7.92 Å². The molecule has 1 aromatic rings. The number of rotatable bonds is 0. The van der Waals surface area contributed by atoms with Crippen molar-refractivity contribution in [3.05, 3.63) is 6.20 Å². The van der Waals surface area contributed by atoms with Gasteiger partial charge in [0.05, 0.1) is 6.20 Å². The molecule has 1 unspecified atom stereocenters. The van der Waals surface area contributed by atoms with Gasteiger partial charge in [0, 0.05) is 0 Å². The topological polar surface area (TPSA) is 56.2 Å². The number of hydrogen-bond donors (Lipinski definition) is 3. The fraction of sp³-hybridized carbons (Fsp3) is 0. The van der Waals surface area contributed by atoms with Gasteiger partial charge in [0.15, 0.2) is 5.48 Å². The summed E-state index contributed by atoms with van der Waals surface area (Å²) < 4.78 is 2.47. The van der Waals surface area contributed by atoms with Crippen LogP contribution in [0.3, 0.4) is 0 Å². The van der Waals surface area contributed by atoms with Crippen LogP contribution in [0.15, 0.2) is 6.20 Å². The second-order valence-electron chi connectivity index (χ2n) is 0.943. The summed E-state index contributed by atoms with van der Waals surface area (Å²) in [7, 11) is -1.31. The average molecular weight is 105 g/mol. The minimum atomic E-state index is -1.31. The molecule has 0 amide bonds. The maximum atomic E-state index is 8.35. The van der Waals surface area contributed by atoms with Crippen LogP contribution in [-0.4, -0.2) is 14.7 Å². The van der Waals surface area contributed by atoms with Gasteiger partial charge in [0.25, 0.3) is 0 Å². The Morgan fingerprint density at radius 1 is 1.83 bits per heavy atom. The Hall–Kier alpha value is -0.400. The maximum Gasteiger partial charge on any atom is 0.194 e. The van der Waals surface area contributed by atoms with Gasteiger partial charge in [-0.05, 0) is 0 Å². The van der Waals surface area contributed by atoms with E-state index in [-0.39, 0.29) is 5.48 Å². The van der Waals surface area contributed by atoms with Crippen molar-refractivity contribution in [1.29, 1.82) is 0 Å². The Morgan fingerprint density at radius 3 is 2.33 bits per heavy atom. The first-order chi connectivity index (χ1) is 2.80. The van der Waals surface area contributed by atoms with E-state index in [2.05, 4.69) is 4.75 Å². The lowest BCUT2D eigenvalue weighted by Crippen LogP contribution is -1.69. The van der Waals surface area contributed by atoms with Crippen molar-refractivity contribution in [3.8, 4) is 5.48 Å². The van der Waals surface area contributed by atoms with Crippen LogP contribution in [0.5, 0.6) is 5.48 Å². The van der Waals surface area contributed by atoms with Gasteiger partial charge in [-0.1, -0.05) is 0 Å². The van der Waals surface area contributed by atoms with Crippen molar-refractivity contribution < 1.29 is 10.00 Å². The van der Waals surface area contributed by atoms with E-state index >= 15 is 0 Å². The molecule has 0 spiro atoms. The lowest BCUT2D eigenvalue weighted by Gasteiger charge is -1.97. The third-order valence-corrected chi connectivity index (χ3v) is 1.47. The summed E-state index contributed by atoms with van der Waals surface area (Å²) in [4.78, 5) is 8.35. The second kappa shape index (κ2) is 1.03. The predicted octanol–water partition coefficient (Wildman–Crippen LogP) is 0.462. The molecule has 0 aliphatic rings. The van der Waals surface area contributed by atoms with E-state index in [0.717, 1.165) is 0 Å². The van der Waals surface area contributed by atoms with Crippen molar-refractivity contribution in [2.75, 3.05) is 0 Å². The van der Waals surface area contributed by atoms with Crippen LogP contribution in [-0.2, 0) is 0 Å². The normalized spacial score (nSPS) is 12.5. The molecule has 0 aromatic carbocycles. The van der Waals surface area contributed by atoms with Crippen molar-refractivity contribution in [1.82, 2.24) is 4.75 Å². The van der Waals surface area contributed by atoms with Crippen molar-refractivity contribution in [2.24, 2.45) is 0 Å². The highest BCUT2D eigenvalue weighted by molar-refractivity contribution is 7.42. The van der Waals surface area contributed by atoms with E-state index in [1.165, 1.54) is 6.20 Å². The van der Waals surface area contributed by atoms with Gasteiger partial charge < -0.3 is 14.7 Å². The molecule has 6 heavy (non-hydrogen) atoms. The van der Waals surface area contributed by atoms with Gasteiger partial charge in [-0.15, -0.1) is 0 Å². The first kappa shape index (κ1) is 3.78. The molecule has 3 nitrogen and oxygen atoms in total. The molecule has 0 bridgehead atoms. The summed E-state index contributed by atoms with van der Waals surface area (Å²) in [6.45, 7) is 0. The van der Waals surface area contributed by atoms with E-state index in [4.69, 9.17) is 10.00 Å². The van der Waals surface area contributed by atoms with Crippen LogP contribution < -0.4 is 0 Å². The zero-order chi connectivity index (χ0) is 4.57. The fourth-order valence-electron chi connectivity index (χ4n) is 0.180. The van der Waals surface area contributed by atoms with Crippen LogP contribution in [0.4, 0.5) is 0 Å². The van der Waals surface area contributed by atoms with Gasteiger partial charge in [-0.2, -0.15) is 0 Å². The summed E-state index contributed by atoms with van der Waals surface area (Å²) in [5, 5.41) is 8.29. The second-order valence-corrected chi connectivity index (χ2v) is 2.28. The lowest BCUT2D eigenvalue weighted by molar-refractivity contribution is 0.471. The summed E-state index contributed by atoms with van der Waals surface area (Å²) in [5.41, 5.74) is 0.0741. The number of nitrogens with one attached hydrogen (secondary N) is 1. The monoisotopic (exact) mass is 105 g/mol. The first-order valence-electron chi connectivity index (χ1n) is 1.45. The molecule has 0 saturated carbocycles. The molecule has 1 aromatic heterocycles. The minimum Gasteiger partial charge on any atom is -0.500 e. The van der Waals surface area contributed by atoms with Gasteiger partial charge in [0.1, 0.15) is 7.92 Å². The SMILES string of the molecule is Oc1c[nH]p1O. The minimum absolute atomic E-state index is 0.0741. The largest absolute Gasteiger partial charge is 0.500 e. The smallest absolute Gasteiger partial charge is 0.194 e. The van der Waals surface area contributed by atoms with Crippen LogP contribution >= 0.6 is 7.92 Å². The third kappa shape index (κ3) is 0.329. The molecule has 1 rings (SSSR count). The highest BCUT2D eigenvalue weighted by atomic mass is 31.1. The van der Waals surface area contributed by atoms with Gasteiger partial charge in [-0.25, -0.2) is 0 Å². The zero-order valence-electron chi connectivity index (χ0n) is 2.92. The van der Waals surface area contributed by atoms with Crippen LogP contribution in [0.1, 0.15) is 0 Å². The summed E-state index contributed by atoms with van der Waals surface area (Å²) >= 11 is 0. The molecule has 0 radical (unpaired) electrons. The molecular formula is C2H4NO2P. The van der Waals surface area contributed by atoms with E-state index in [1.54, 1.807) is 0 Å². The molecule has 0 aliphatic carbocycles. The highest BCUT2D eigenvalue weighted by Gasteiger charge is 1.94. The average Bonchev–Trinajstić information content (AvgIpc) is 1.61. The zero-order valence-corrected chi connectivity index (χ0v) is 3.81.